The molecule has 106 valence electrons. The number of halogens is 2. The Labute approximate surface area is 121 Å². The monoisotopic (exact) mass is 330 g/mol. The largest absolute Gasteiger partial charge is 0.378 e. The maximum absolute atomic E-state index is 14.0. The fraction of sp³-hybridized carbons (Fsp3) is 0.571. The van der Waals surface area contributed by atoms with Gasteiger partial charge in [-0.25, -0.2) is 4.39 Å². The van der Waals surface area contributed by atoms with E-state index in [1.807, 2.05) is 6.07 Å². The fourth-order valence-corrected chi connectivity index (χ4v) is 2.92. The van der Waals surface area contributed by atoms with Gasteiger partial charge in [-0.15, -0.1) is 0 Å². The summed E-state index contributed by atoms with van der Waals surface area (Å²) in [6, 6.07) is 5.14. The minimum Gasteiger partial charge on any atom is -0.378 e. The Kier molecular flexibility index (Phi) is 5.76. The lowest BCUT2D eigenvalue weighted by Gasteiger charge is -2.18. The van der Waals surface area contributed by atoms with E-state index in [1.165, 1.54) is 0 Å². The number of benzene rings is 1. The van der Waals surface area contributed by atoms with Gasteiger partial charge in [0.2, 0.25) is 0 Å². The van der Waals surface area contributed by atoms with Gasteiger partial charge in [0.25, 0.3) is 0 Å². The summed E-state index contributed by atoms with van der Waals surface area (Å²) < 4.78 is 20.1. The Balaban J connectivity index is 1.90. The van der Waals surface area contributed by atoms with E-state index in [1.54, 1.807) is 12.1 Å². The van der Waals surface area contributed by atoms with E-state index in [9.17, 15) is 4.39 Å². The molecule has 0 saturated carbocycles. The van der Waals surface area contributed by atoms with Crippen molar-refractivity contribution >= 4 is 15.9 Å². The Morgan fingerprint density at radius 1 is 1.53 bits per heavy atom. The molecule has 1 aliphatic rings. The van der Waals surface area contributed by atoms with E-state index in [4.69, 9.17) is 10.6 Å². The molecule has 0 radical (unpaired) electrons. The standard InChI is InChI=1S/C14H20BrFN2O/c15-12-7-2-6-11(14(12)16)13(18-17)8-1-4-10-5-3-9-19-10/h2,6-7,10,13,18H,1,3-5,8-9,17H2. The molecular formula is C14H20BrFN2O. The summed E-state index contributed by atoms with van der Waals surface area (Å²) >= 11 is 3.20. The van der Waals surface area contributed by atoms with E-state index in [-0.39, 0.29) is 11.9 Å². The zero-order valence-corrected chi connectivity index (χ0v) is 12.5. The second-order valence-corrected chi connectivity index (χ2v) is 5.78. The van der Waals surface area contributed by atoms with Gasteiger partial charge in [-0.2, -0.15) is 0 Å². The Bertz CT molecular complexity index is 410. The van der Waals surface area contributed by atoms with E-state index in [2.05, 4.69) is 21.4 Å². The maximum Gasteiger partial charge on any atom is 0.142 e. The molecular weight excluding hydrogens is 311 g/mol. The van der Waals surface area contributed by atoms with Crippen LogP contribution in [0.5, 0.6) is 0 Å². The first kappa shape index (κ1) is 14.9. The highest BCUT2D eigenvalue weighted by Gasteiger charge is 2.18. The van der Waals surface area contributed by atoms with Crippen LogP contribution in [0, 0.1) is 5.82 Å². The van der Waals surface area contributed by atoms with Crippen LogP contribution in [0.3, 0.4) is 0 Å². The first-order valence-corrected chi connectivity index (χ1v) is 7.53. The van der Waals surface area contributed by atoms with Crippen molar-refractivity contribution in [3.05, 3.63) is 34.1 Å². The van der Waals surface area contributed by atoms with Gasteiger partial charge >= 0.3 is 0 Å². The fourth-order valence-electron chi connectivity index (χ4n) is 2.54. The molecule has 2 unspecified atom stereocenters. The SMILES string of the molecule is NNC(CCCC1CCCO1)c1cccc(Br)c1F. The van der Waals surface area contributed by atoms with Crippen molar-refractivity contribution < 1.29 is 9.13 Å². The lowest BCUT2D eigenvalue weighted by Crippen LogP contribution is -2.29. The van der Waals surface area contributed by atoms with Crippen molar-refractivity contribution in [2.45, 2.75) is 44.2 Å². The van der Waals surface area contributed by atoms with Crippen LogP contribution in [0.4, 0.5) is 4.39 Å². The summed E-state index contributed by atoms with van der Waals surface area (Å²) in [5.74, 6) is 5.32. The smallest absolute Gasteiger partial charge is 0.142 e. The minimum atomic E-state index is -0.234. The summed E-state index contributed by atoms with van der Waals surface area (Å²) in [5.41, 5.74) is 3.33. The highest BCUT2D eigenvalue weighted by atomic mass is 79.9. The molecule has 1 saturated heterocycles. The van der Waals surface area contributed by atoms with E-state index >= 15 is 0 Å². The van der Waals surface area contributed by atoms with Gasteiger partial charge < -0.3 is 4.74 Å². The Hall–Kier alpha value is -0.490. The van der Waals surface area contributed by atoms with Gasteiger partial charge in [0.1, 0.15) is 5.82 Å². The molecule has 1 aliphatic heterocycles. The van der Waals surface area contributed by atoms with Crippen molar-refractivity contribution in [2.24, 2.45) is 5.84 Å². The Morgan fingerprint density at radius 2 is 2.37 bits per heavy atom. The van der Waals surface area contributed by atoms with Crippen LogP contribution in [0.15, 0.2) is 22.7 Å². The predicted octanol–water partition coefficient (Wildman–Crippen LogP) is 3.44. The van der Waals surface area contributed by atoms with Gasteiger partial charge in [0, 0.05) is 18.2 Å². The normalized spacial score (nSPS) is 20.7. The van der Waals surface area contributed by atoms with Crippen molar-refractivity contribution in [3.8, 4) is 0 Å². The number of nitrogens with two attached hydrogens (primary N) is 1. The van der Waals surface area contributed by atoms with Crippen LogP contribution in [0.25, 0.3) is 0 Å². The number of hydrogen-bond acceptors (Lipinski definition) is 3. The molecule has 5 heteroatoms. The molecule has 0 aliphatic carbocycles. The third-order valence-corrected chi connectivity index (χ3v) is 4.21. The zero-order valence-electron chi connectivity index (χ0n) is 10.9. The van der Waals surface area contributed by atoms with Crippen molar-refractivity contribution in [1.29, 1.82) is 0 Å². The number of hydrogen-bond donors (Lipinski definition) is 2. The molecule has 1 aromatic carbocycles. The topological polar surface area (TPSA) is 47.3 Å². The average Bonchev–Trinajstić information content (AvgIpc) is 2.92. The number of hydrazine groups is 1. The van der Waals surface area contributed by atoms with Crippen LogP contribution < -0.4 is 11.3 Å². The van der Waals surface area contributed by atoms with E-state index in [0.29, 0.717) is 16.1 Å². The van der Waals surface area contributed by atoms with E-state index < -0.39 is 0 Å². The highest BCUT2D eigenvalue weighted by molar-refractivity contribution is 9.10. The van der Waals surface area contributed by atoms with Gasteiger partial charge in [-0.05, 0) is 54.1 Å². The van der Waals surface area contributed by atoms with Crippen molar-refractivity contribution in [2.75, 3.05) is 6.61 Å². The lowest BCUT2D eigenvalue weighted by atomic mass is 9.99. The summed E-state index contributed by atoms with van der Waals surface area (Å²) in [5, 5.41) is 0. The number of rotatable bonds is 6. The van der Waals surface area contributed by atoms with Crippen LogP contribution in [-0.4, -0.2) is 12.7 Å². The van der Waals surface area contributed by atoms with Crippen LogP contribution in [0.2, 0.25) is 0 Å². The number of nitrogens with one attached hydrogen (secondary N) is 1. The summed E-state index contributed by atoms with van der Waals surface area (Å²) in [4.78, 5) is 0. The molecule has 19 heavy (non-hydrogen) atoms. The zero-order chi connectivity index (χ0) is 13.7. The Morgan fingerprint density at radius 3 is 3.05 bits per heavy atom. The van der Waals surface area contributed by atoms with Crippen LogP contribution in [0.1, 0.15) is 43.7 Å². The third-order valence-electron chi connectivity index (χ3n) is 3.60. The van der Waals surface area contributed by atoms with Gasteiger partial charge in [-0.1, -0.05) is 12.1 Å². The molecule has 1 fully saturated rings. The molecule has 1 aromatic rings. The predicted molar refractivity (Wildman–Crippen MR) is 77.0 cm³/mol. The molecule has 0 spiro atoms. The quantitative estimate of drug-likeness (QED) is 0.620. The molecule has 0 bridgehead atoms. The summed E-state index contributed by atoms with van der Waals surface area (Å²) in [6.07, 6.45) is 5.49. The first-order chi connectivity index (χ1) is 9.22. The molecule has 2 atom stereocenters. The molecule has 0 amide bonds. The number of ether oxygens (including phenoxy) is 1. The summed E-state index contributed by atoms with van der Waals surface area (Å²) in [6.45, 7) is 0.878. The summed E-state index contributed by atoms with van der Waals surface area (Å²) in [7, 11) is 0. The minimum absolute atomic E-state index is 0.154. The molecule has 3 N–H and O–H groups in total. The maximum atomic E-state index is 14.0. The average molecular weight is 331 g/mol. The van der Waals surface area contributed by atoms with Gasteiger partial charge in [0.15, 0.2) is 0 Å². The van der Waals surface area contributed by atoms with Crippen LogP contribution in [-0.2, 0) is 4.74 Å². The molecule has 1 heterocycles. The van der Waals surface area contributed by atoms with Gasteiger partial charge in [-0.3, -0.25) is 11.3 Å². The van der Waals surface area contributed by atoms with E-state index in [0.717, 1.165) is 38.7 Å². The van der Waals surface area contributed by atoms with Gasteiger partial charge in [0.05, 0.1) is 10.6 Å². The van der Waals surface area contributed by atoms with Crippen LogP contribution >= 0.6 is 15.9 Å². The first-order valence-electron chi connectivity index (χ1n) is 6.74. The second-order valence-electron chi connectivity index (χ2n) is 4.93. The second kappa shape index (κ2) is 7.33. The molecule has 2 rings (SSSR count). The third kappa shape index (κ3) is 3.99. The van der Waals surface area contributed by atoms with Crippen molar-refractivity contribution in [3.63, 3.8) is 0 Å². The van der Waals surface area contributed by atoms with Crippen molar-refractivity contribution in [1.82, 2.24) is 5.43 Å². The lowest BCUT2D eigenvalue weighted by molar-refractivity contribution is 0.101. The molecule has 0 aromatic heterocycles. The molecule has 3 nitrogen and oxygen atoms in total. The highest BCUT2D eigenvalue weighted by Crippen LogP contribution is 2.27.